The molecule has 0 unspecified atom stereocenters. The highest BCUT2D eigenvalue weighted by Gasteiger charge is 2.16. The summed E-state index contributed by atoms with van der Waals surface area (Å²) in [5, 5.41) is 10.8. The predicted octanol–water partition coefficient (Wildman–Crippen LogP) is 2.85. The third-order valence-electron chi connectivity index (χ3n) is 2.79. The Kier molecular flexibility index (Phi) is 4.97. The topological polar surface area (TPSA) is 80.0 Å². The highest BCUT2D eigenvalue weighted by molar-refractivity contribution is 7.18. The van der Waals surface area contributed by atoms with Crippen LogP contribution in [0.5, 0.6) is 0 Å². The van der Waals surface area contributed by atoms with Crippen molar-refractivity contribution in [3.05, 3.63) is 26.8 Å². The molecule has 5 nitrogen and oxygen atoms in total. The number of hydrogen-bond donors (Lipinski definition) is 3. The number of hydrogen-bond acceptors (Lipinski definition) is 6. The van der Waals surface area contributed by atoms with Gasteiger partial charge in [-0.05, 0) is 35.2 Å². The van der Waals surface area contributed by atoms with Crippen LogP contribution >= 0.6 is 22.7 Å². The van der Waals surface area contributed by atoms with Crippen molar-refractivity contribution >= 4 is 39.5 Å². The second-order valence-electron chi connectivity index (χ2n) is 4.42. The zero-order chi connectivity index (χ0) is 14.5. The summed E-state index contributed by atoms with van der Waals surface area (Å²) in [5.41, 5.74) is 8.12. The molecule has 2 aromatic rings. The Morgan fingerprint density at radius 1 is 1.45 bits per heavy atom. The Morgan fingerprint density at radius 3 is 2.90 bits per heavy atom. The van der Waals surface area contributed by atoms with Crippen molar-refractivity contribution < 1.29 is 4.79 Å². The number of nitrogens with two attached hydrogens (primary N) is 1. The monoisotopic (exact) mass is 310 g/mol. The first-order valence-corrected chi connectivity index (χ1v) is 8.17. The zero-order valence-corrected chi connectivity index (χ0v) is 13.2. The van der Waals surface area contributed by atoms with Crippen LogP contribution < -0.4 is 16.4 Å². The van der Waals surface area contributed by atoms with Crippen LogP contribution in [-0.4, -0.2) is 17.4 Å². The number of aromatic nitrogens is 1. The first kappa shape index (κ1) is 14.8. The number of thiophene rings is 1. The third-order valence-corrected chi connectivity index (χ3v) is 4.72. The first-order valence-electron chi connectivity index (χ1n) is 6.41. The summed E-state index contributed by atoms with van der Waals surface area (Å²) in [6, 6.07) is 0. The highest BCUT2D eigenvalue weighted by atomic mass is 32.1. The molecule has 0 fully saturated rings. The van der Waals surface area contributed by atoms with Crippen molar-refractivity contribution in [1.82, 2.24) is 10.3 Å². The summed E-state index contributed by atoms with van der Waals surface area (Å²) in [7, 11) is 0. The Morgan fingerprint density at radius 2 is 2.25 bits per heavy atom. The molecule has 2 rings (SSSR count). The van der Waals surface area contributed by atoms with Gasteiger partial charge < -0.3 is 16.4 Å². The minimum Gasteiger partial charge on any atom is -0.382 e. The second-order valence-corrected chi connectivity index (χ2v) is 6.17. The molecule has 2 aromatic heterocycles. The molecule has 0 spiro atoms. The molecule has 0 aliphatic heterocycles. The van der Waals surface area contributed by atoms with E-state index >= 15 is 0 Å². The van der Waals surface area contributed by atoms with Crippen molar-refractivity contribution in [2.45, 2.75) is 26.8 Å². The molecule has 0 atom stereocenters. The summed E-state index contributed by atoms with van der Waals surface area (Å²) >= 11 is 2.93. The summed E-state index contributed by atoms with van der Waals surface area (Å²) < 4.78 is 0. The number of amides is 1. The molecule has 0 saturated heterocycles. The van der Waals surface area contributed by atoms with Crippen LogP contribution in [0.3, 0.4) is 0 Å². The van der Waals surface area contributed by atoms with E-state index in [4.69, 9.17) is 5.73 Å². The van der Waals surface area contributed by atoms with Gasteiger partial charge in [0, 0.05) is 13.1 Å². The van der Waals surface area contributed by atoms with Crippen LogP contribution in [0.15, 0.2) is 10.8 Å². The van der Waals surface area contributed by atoms with Crippen molar-refractivity contribution in [1.29, 1.82) is 0 Å². The van der Waals surface area contributed by atoms with Gasteiger partial charge in [0.1, 0.15) is 10.7 Å². The average Bonchev–Trinajstić information content (AvgIpc) is 3.00. The van der Waals surface area contributed by atoms with E-state index in [1.165, 1.54) is 16.9 Å². The van der Waals surface area contributed by atoms with Crippen molar-refractivity contribution in [3.8, 4) is 0 Å². The number of nitrogens with zero attached hydrogens (tertiary/aromatic N) is 1. The molecule has 108 valence electrons. The molecular weight excluding hydrogens is 292 g/mol. The highest BCUT2D eigenvalue weighted by Crippen LogP contribution is 2.25. The SMILES string of the molecule is CCCNc1nc(N)c(C(=O)NCc2cscc2C)s1. The van der Waals surface area contributed by atoms with Crippen molar-refractivity contribution in [2.24, 2.45) is 0 Å². The molecule has 0 radical (unpaired) electrons. The van der Waals surface area contributed by atoms with Gasteiger partial charge in [-0.2, -0.15) is 11.3 Å². The van der Waals surface area contributed by atoms with E-state index in [0.29, 0.717) is 16.6 Å². The number of rotatable bonds is 6. The maximum atomic E-state index is 12.1. The Bertz CT molecular complexity index is 591. The summed E-state index contributed by atoms with van der Waals surface area (Å²) in [4.78, 5) is 16.7. The van der Waals surface area contributed by atoms with E-state index in [0.717, 1.165) is 18.5 Å². The second kappa shape index (κ2) is 6.71. The van der Waals surface area contributed by atoms with E-state index in [1.54, 1.807) is 11.3 Å². The number of carbonyl (C=O) groups is 1. The molecule has 1 amide bonds. The van der Waals surface area contributed by atoms with Gasteiger partial charge in [0.15, 0.2) is 5.13 Å². The molecular formula is C13H18N4OS2. The lowest BCUT2D eigenvalue weighted by Crippen LogP contribution is -2.22. The van der Waals surface area contributed by atoms with Gasteiger partial charge in [-0.1, -0.05) is 18.3 Å². The van der Waals surface area contributed by atoms with Crippen LogP contribution in [0, 0.1) is 6.92 Å². The fourth-order valence-corrected chi connectivity index (χ4v) is 3.31. The quantitative estimate of drug-likeness (QED) is 0.766. The molecule has 4 N–H and O–H groups in total. The predicted molar refractivity (Wildman–Crippen MR) is 85.5 cm³/mol. The van der Waals surface area contributed by atoms with E-state index in [9.17, 15) is 4.79 Å². The molecule has 20 heavy (non-hydrogen) atoms. The third kappa shape index (κ3) is 3.49. The van der Waals surface area contributed by atoms with Gasteiger partial charge in [0.25, 0.3) is 5.91 Å². The Balaban J connectivity index is 1.98. The first-order chi connectivity index (χ1) is 9.61. The maximum absolute atomic E-state index is 12.1. The fraction of sp³-hybridized carbons (Fsp3) is 0.385. The summed E-state index contributed by atoms with van der Waals surface area (Å²) in [5.74, 6) is 0.114. The average molecular weight is 310 g/mol. The van der Waals surface area contributed by atoms with Crippen LogP contribution in [0.2, 0.25) is 0 Å². The lowest BCUT2D eigenvalue weighted by atomic mass is 10.2. The van der Waals surface area contributed by atoms with E-state index in [2.05, 4.69) is 27.9 Å². The Hall–Kier alpha value is -1.60. The number of aryl methyl sites for hydroxylation is 1. The number of anilines is 2. The van der Waals surface area contributed by atoms with Crippen molar-refractivity contribution in [2.75, 3.05) is 17.6 Å². The lowest BCUT2D eigenvalue weighted by Gasteiger charge is -2.03. The maximum Gasteiger partial charge on any atom is 0.265 e. The van der Waals surface area contributed by atoms with E-state index < -0.39 is 0 Å². The smallest absolute Gasteiger partial charge is 0.265 e. The molecule has 0 aliphatic carbocycles. The zero-order valence-electron chi connectivity index (χ0n) is 11.5. The van der Waals surface area contributed by atoms with Crippen LogP contribution in [0.25, 0.3) is 0 Å². The lowest BCUT2D eigenvalue weighted by molar-refractivity contribution is 0.0955. The number of thiazole rings is 1. The summed E-state index contributed by atoms with van der Waals surface area (Å²) in [6.45, 7) is 5.44. The van der Waals surface area contributed by atoms with Crippen molar-refractivity contribution in [3.63, 3.8) is 0 Å². The number of nitrogens with one attached hydrogen (secondary N) is 2. The molecule has 0 aliphatic rings. The molecule has 0 saturated carbocycles. The van der Waals surface area contributed by atoms with E-state index in [-0.39, 0.29) is 11.7 Å². The standard InChI is InChI=1S/C13H18N4OS2/c1-3-4-15-13-17-11(14)10(20-13)12(18)16-5-9-7-19-6-8(9)2/h6-7H,3-5,14H2,1-2H3,(H,15,17)(H,16,18). The van der Waals surface area contributed by atoms with E-state index in [1.807, 2.05) is 12.3 Å². The van der Waals surface area contributed by atoms with Gasteiger partial charge in [-0.3, -0.25) is 4.79 Å². The molecule has 2 heterocycles. The molecule has 7 heteroatoms. The van der Waals surface area contributed by atoms with Crippen LogP contribution in [0.4, 0.5) is 10.9 Å². The van der Waals surface area contributed by atoms with Gasteiger partial charge in [0.05, 0.1) is 0 Å². The van der Waals surface area contributed by atoms with Gasteiger partial charge in [0.2, 0.25) is 0 Å². The minimum atomic E-state index is -0.171. The normalized spacial score (nSPS) is 10.5. The van der Waals surface area contributed by atoms with Gasteiger partial charge in [-0.15, -0.1) is 0 Å². The van der Waals surface area contributed by atoms with Crippen LogP contribution in [-0.2, 0) is 6.54 Å². The summed E-state index contributed by atoms with van der Waals surface area (Å²) in [6.07, 6.45) is 0.998. The van der Waals surface area contributed by atoms with Gasteiger partial charge >= 0.3 is 0 Å². The molecule has 0 bridgehead atoms. The van der Waals surface area contributed by atoms with Crippen LogP contribution in [0.1, 0.15) is 34.1 Å². The number of carbonyl (C=O) groups excluding carboxylic acids is 1. The largest absolute Gasteiger partial charge is 0.382 e. The van der Waals surface area contributed by atoms with Gasteiger partial charge in [-0.25, -0.2) is 4.98 Å². The number of nitrogen functional groups attached to an aromatic ring is 1. The fourth-order valence-electron chi connectivity index (χ4n) is 1.63. The molecule has 0 aromatic carbocycles. The minimum absolute atomic E-state index is 0.171. The Labute approximate surface area is 126 Å².